The zero-order valence-electron chi connectivity index (χ0n) is 11.7. The second-order valence-corrected chi connectivity index (χ2v) is 4.99. The first-order valence-electron chi connectivity index (χ1n) is 6.67. The Morgan fingerprint density at radius 3 is 2.90 bits per heavy atom. The predicted molar refractivity (Wildman–Crippen MR) is 85.6 cm³/mol. The minimum absolute atomic E-state index is 0.231. The number of carbonyl (C=O) groups excluding carboxylic acids is 1. The molecule has 2 rings (SSSR count). The van der Waals surface area contributed by atoms with Crippen molar-refractivity contribution >= 4 is 23.2 Å². The number of terminal acetylenes is 1. The predicted octanol–water partition coefficient (Wildman–Crippen LogP) is 3.92. The zero-order valence-corrected chi connectivity index (χ0v) is 12.4. The zero-order chi connectivity index (χ0) is 15.2. The van der Waals surface area contributed by atoms with E-state index in [0.717, 1.165) is 18.5 Å². The molecular formula is C17H15ClN2O. The van der Waals surface area contributed by atoms with Crippen LogP contribution in [0.1, 0.15) is 35.0 Å². The van der Waals surface area contributed by atoms with Gasteiger partial charge in [-0.1, -0.05) is 36.9 Å². The van der Waals surface area contributed by atoms with Gasteiger partial charge in [-0.2, -0.15) is 0 Å². The van der Waals surface area contributed by atoms with Gasteiger partial charge in [0.05, 0.1) is 0 Å². The van der Waals surface area contributed by atoms with Crippen LogP contribution in [0.2, 0.25) is 5.15 Å². The number of nitrogens with one attached hydrogen (secondary N) is 1. The van der Waals surface area contributed by atoms with Gasteiger partial charge >= 0.3 is 0 Å². The molecule has 3 nitrogen and oxygen atoms in total. The van der Waals surface area contributed by atoms with Gasteiger partial charge in [-0.15, -0.1) is 6.42 Å². The summed E-state index contributed by atoms with van der Waals surface area (Å²) >= 11 is 5.96. The Morgan fingerprint density at radius 2 is 2.19 bits per heavy atom. The first kappa shape index (κ1) is 15.1. The second kappa shape index (κ2) is 6.92. The number of hydrogen-bond donors (Lipinski definition) is 1. The number of aromatic nitrogens is 1. The molecule has 21 heavy (non-hydrogen) atoms. The average Bonchev–Trinajstić information content (AvgIpc) is 2.47. The molecule has 0 atom stereocenters. The number of halogens is 1. The fourth-order valence-corrected chi connectivity index (χ4v) is 2.18. The van der Waals surface area contributed by atoms with Crippen LogP contribution in [0.25, 0.3) is 0 Å². The lowest BCUT2D eigenvalue weighted by atomic mass is 10.1. The lowest BCUT2D eigenvalue weighted by Gasteiger charge is -2.07. The molecule has 0 aliphatic heterocycles. The van der Waals surface area contributed by atoms with E-state index in [-0.39, 0.29) is 5.91 Å². The summed E-state index contributed by atoms with van der Waals surface area (Å²) in [6, 6.07) is 10.4. The smallest absolute Gasteiger partial charge is 0.255 e. The van der Waals surface area contributed by atoms with Crippen molar-refractivity contribution < 1.29 is 4.79 Å². The Morgan fingerprint density at radius 1 is 1.38 bits per heavy atom. The lowest BCUT2D eigenvalue weighted by Crippen LogP contribution is -2.13. The van der Waals surface area contributed by atoms with Gasteiger partial charge in [-0.25, -0.2) is 4.98 Å². The summed E-state index contributed by atoms with van der Waals surface area (Å²) in [5, 5.41) is 3.13. The monoisotopic (exact) mass is 298 g/mol. The highest BCUT2D eigenvalue weighted by atomic mass is 35.5. The number of aryl methyl sites for hydroxylation is 1. The van der Waals surface area contributed by atoms with Crippen molar-refractivity contribution in [1.29, 1.82) is 0 Å². The largest absolute Gasteiger partial charge is 0.322 e. The van der Waals surface area contributed by atoms with Gasteiger partial charge < -0.3 is 5.32 Å². The molecule has 1 aromatic carbocycles. The van der Waals surface area contributed by atoms with Crippen molar-refractivity contribution in [2.24, 2.45) is 0 Å². The van der Waals surface area contributed by atoms with E-state index in [1.54, 1.807) is 36.4 Å². The summed E-state index contributed by atoms with van der Waals surface area (Å²) in [5.41, 5.74) is 2.67. The van der Waals surface area contributed by atoms with E-state index >= 15 is 0 Å². The summed E-state index contributed by atoms with van der Waals surface area (Å²) in [7, 11) is 0. The molecule has 1 amide bonds. The molecule has 4 heteroatoms. The Hall–Kier alpha value is -2.31. The Kier molecular flexibility index (Phi) is 4.97. The van der Waals surface area contributed by atoms with E-state index in [9.17, 15) is 4.79 Å². The number of hydrogen-bond acceptors (Lipinski definition) is 2. The molecule has 1 heterocycles. The molecule has 1 N–H and O–H groups in total. The van der Waals surface area contributed by atoms with Crippen molar-refractivity contribution in [2.45, 2.75) is 19.8 Å². The van der Waals surface area contributed by atoms with Crippen molar-refractivity contribution in [3.63, 3.8) is 0 Å². The van der Waals surface area contributed by atoms with Crippen LogP contribution in [0.3, 0.4) is 0 Å². The SMILES string of the molecule is C#Cc1cccc(NC(=O)c2cc(Cl)nc(CCC)c2)c1. The number of nitrogens with zero attached hydrogens (tertiary/aromatic N) is 1. The molecule has 0 radical (unpaired) electrons. The van der Waals surface area contributed by atoms with E-state index in [0.29, 0.717) is 22.0 Å². The fraction of sp³-hybridized carbons (Fsp3) is 0.176. The van der Waals surface area contributed by atoms with Crippen LogP contribution < -0.4 is 5.32 Å². The average molecular weight is 299 g/mol. The van der Waals surface area contributed by atoms with Crippen LogP contribution in [0, 0.1) is 12.3 Å². The number of benzene rings is 1. The number of rotatable bonds is 4. The molecule has 0 spiro atoms. The van der Waals surface area contributed by atoms with E-state index in [2.05, 4.69) is 16.2 Å². The Bertz CT molecular complexity index is 704. The molecule has 2 aromatic rings. The lowest BCUT2D eigenvalue weighted by molar-refractivity contribution is 0.102. The number of pyridine rings is 1. The van der Waals surface area contributed by atoms with Gasteiger partial charge in [-0.05, 0) is 36.8 Å². The van der Waals surface area contributed by atoms with Gasteiger partial charge in [0, 0.05) is 22.5 Å². The normalized spacial score (nSPS) is 9.95. The minimum Gasteiger partial charge on any atom is -0.322 e. The van der Waals surface area contributed by atoms with Gasteiger partial charge in [0.1, 0.15) is 5.15 Å². The molecule has 0 saturated heterocycles. The first-order valence-corrected chi connectivity index (χ1v) is 7.04. The highest BCUT2D eigenvalue weighted by molar-refractivity contribution is 6.29. The molecule has 0 aliphatic rings. The topological polar surface area (TPSA) is 42.0 Å². The summed E-state index contributed by atoms with van der Waals surface area (Å²) < 4.78 is 0. The van der Waals surface area contributed by atoms with Crippen LogP contribution in [0.4, 0.5) is 5.69 Å². The quantitative estimate of drug-likeness (QED) is 0.686. The van der Waals surface area contributed by atoms with E-state index in [4.69, 9.17) is 18.0 Å². The second-order valence-electron chi connectivity index (χ2n) is 4.60. The number of carbonyl (C=O) groups is 1. The van der Waals surface area contributed by atoms with E-state index in [1.165, 1.54) is 0 Å². The molecular weight excluding hydrogens is 284 g/mol. The number of anilines is 1. The van der Waals surface area contributed by atoms with Gasteiger partial charge in [-0.3, -0.25) is 4.79 Å². The third kappa shape index (κ3) is 4.08. The molecule has 0 unspecified atom stereocenters. The maximum Gasteiger partial charge on any atom is 0.255 e. The van der Waals surface area contributed by atoms with Crippen LogP contribution in [-0.4, -0.2) is 10.9 Å². The van der Waals surface area contributed by atoms with Crippen molar-refractivity contribution in [3.8, 4) is 12.3 Å². The fourth-order valence-electron chi connectivity index (χ4n) is 1.96. The Labute approximate surface area is 129 Å². The van der Waals surface area contributed by atoms with Crippen molar-refractivity contribution in [3.05, 3.63) is 58.4 Å². The molecule has 0 saturated carbocycles. The van der Waals surface area contributed by atoms with Crippen LogP contribution in [0.5, 0.6) is 0 Å². The standard InChI is InChI=1S/C17H15ClN2O/c1-3-6-14-10-13(11-16(18)19-14)17(21)20-15-8-5-7-12(4-2)9-15/h2,5,7-11H,3,6H2,1H3,(H,20,21). The highest BCUT2D eigenvalue weighted by Crippen LogP contribution is 2.15. The molecule has 1 aromatic heterocycles. The maximum absolute atomic E-state index is 12.3. The highest BCUT2D eigenvalue weighted by Gasteiger charge is 2.09. The minimum atomic E-state index is -0.231. The van der Waals surface area contributed by atoms with Gasteiger partial charge in [0.25, 0.3) is 5.91 Å². The van der Waals surface area contributed by atoms with Crippen molar-refractivity contribution in [2.75, 3.05) is 5.32 Å². The number of amides is 1. The van der Waals surface area contributed by atoms with Crippen LogP contribution >= 0.6 is 11.6 Å². The third-order valence-electron chi connectivity index (χ3n) is 2.90. The first-order chi connectivity index (χ1) is 10.1. The molecule has 106 valence electrons. The molecule has 0 fully saturated rings. The maximum atomic E-state index is 12.3. The summed E-state index contributed by atoms with van der Waals surface area (Å²) in [4.78, 5) is 16.5. The van der Waals surface area contributed by atoms with Crippen molar-refractivity contribution in [1.82, 2.24) is 4.98 Å². The Balaban J connectivity index is 2.22. The van der Waals surface area contributed by atoms with E-state index in [1.807, 2.05) is 6.92 Å². The van der Waals surface area contributed by atoms with E-state index < -0.39 is 0 Å². The summed E-state index contributed by atoms with van der Waals surface area (Å²) in [5.74, 6) is 2.30. The van der Waals surface area contributed by atoms with Gasteiger partial charge in [0.2, 0.25) is 0 Å². The summed E-state index contributed by atoms with van der Waals surface area (Å²) in [6.45, 7) is 2.05. The summed E-state index contributed by atoms with van der Waals surface area (Å²) in [6.07, 6.45) is 7.07. The van der Waals surface area contributed by atoms with Crippen LogP contribution in [0.15, 0.2) is 36.4 Å². The third-order valence-corrected chi connectivity index (χ3v) is 3.10. The molecule has 0 aliphatic carbocycles. The molecule has 0 bridgehead atoms. The van der Waals surface area contributed by atoms with Crippen LogP contribution in [-0.2, 0) is 6.42 Å². The van der Waals surface area contributed by atoms with Gasteiger partial charge in [0.15, 0.2) is 0 Å².